The lowest BCUT2D eigenvalue weighted by molar-refractivity contribution is 0.340. The smallest absolute Gasteiger partial charge is 0.336 e. The fourth-order valence-electron chi connectivity index (χ4n) is 4.24. The van der Waals surface area contributed by atoms with Gasteiger partial charge in [0, 0.05) is 5.56 Å². The highest BCUT2D eigenvalue weighted by atomic mass is 16.5. The van der Waals surface area contributed by atoms with Crippen LogP contribution in [-0.4, -0.2) is 25.9 Å². The molecule has 0 unspecified atom stereocenters. The van der Waals surface area contributed by atoms with Crippen molar-refractivity contribution in [2.24, 2.45) is 0 Å². The van der Waals surface area contributed by atoms with Crippen molar-refractivity contribution in [3.8, 4) is 22.8 Å². The van der Waals surface area contributed by atoms with Gasteiger partial charge in [0.1, 0.15) is 12.3 Å². The molecule has 8 nitrogen and oxygen atoms in total. The molecule has 0 aliphatic heterocycles. The Morgan fingerprint density at radius 1 is 0.943 bits per heavy atom. The third-order valence-corrected chi connectivity index (χ3v) is 5.68. The molecular weight excluding hydrogens is 444 g/mol. The molecule has 5 rings (SSSR count). The van der Waals surface area contributed by atoms with Gasteiger partial charge in [0.05, 0.1) is 23.2 Å². The molecule has 8 heteroatoms. The highest BCUT2D eigenvalue weighted by molar-refractivity contribution is 5.78. The maximum absolute atomic E-state index is 13.6. The van der Waals surface area contributed by atoms with Crippen molar-refractivity contribution in [3.05, 3.63) is 105 Å². The van der Waals surface area contributed by atoms with Crippen molar-refractivity contribution in [1.82, 2.24) is 19.3 Å². The maximum Gasteiger partial charge on any atom is 0.336 e. The van der Waals surface area contributed by atoms with Gasteiger partial charge in [0.25, 0.3) is 5.56 Å². The molecule has 0 aliphatic rings. The first-order valence-electron chi connectivity index (χ1n) is 11.3. The Labute approximate surface area is 201 Å². The first kappa shape index (κ1) is 22.3. The Bertz CT molecular complexity index is 1640. The van der Waals surface area contributed by atoms with Crippen molar-refractivity contribution in [2.75, 3.05) is 6.61 Å². The fourth-order valence-corrected chi connectivity index (χ4v) is 4.24. The summed E-state index contributed by atoms with van der Waals surface area (Å²) in [5.74, 6) is 1.35. The fraction of sp³-hybridized carbons (Fsp3) is 0.185. The lowest BCUT2D eigenvalue weighted by Crippen LogP contribution is -2.39. The summed E-state index contributed by atoms with van der Waals surface area (Å²) in [5, 5.41) is 4.52. The quantitative estimate of drug-likeness (QED) is 0.370. The molecule has 5 aromatic rings. The van der Waals surface area contributed by atoms with Gasteiger partial charge in [-0.15, -0.1) is 0 Å². The van der Waals surface area contributed by atoms with E-state index in [4.69, 9.17) is 9.26 Å². The number of rotatable bonds is 6. The van der Waals surface area contributed by atoms with Crippen LogP contribution in [0, 0.1) is 13.8 Å². The number of fused-ring (bicyclic) bond motifs is 1. The van der Waals surface area contributed by atoms with Gasteiger partial charge in [-0.3, -0.25) is 9.36 Å². The summed E-state index contributed by atoms with van der Waals surface area (Å²) in [6.45, 7) is 6.34. The van der Waals surface area contributed by atoms with Crippen LogP contribution in [0.3, 0.4) is 0 Å². The predicted octanol–water partition coefficient (Wildman–Crippen LogP) is 4.27. The molecule has 2 aromatic heterocycles. The van der Waals surface area contributed by atoms with E-state index in [1.54, 1.807) is 24.3 Å². The second-order valence-corrected chi connectivity index (χ2v) is 8.34. The van der Waals surface area contributed by atoms with E-state index < -0.39 is 5.69 Å². The number of aromatic nitrogens is 4. The third kappa shape index (κ3) is 4.26. The summed E-state index contributed by atoms with van der Waals surface area (Å²) in [6.07, 6.45) is 0. The predicted molar refractivity (Wildman–Crippen MR) is 133 cm³/mol. The largest absolute Gasteiger partial charge is 0.494 e. The van der Waals surface area contributed by atoms with Gasteiger partial charge in [-0.1, -0.05) is 35.5 Å². The molecule has 0 fully saturated rings. The van der Waals surface area contributed by atoms with Gasteiger partial charge in [-0.2, -0.15) is 4.98 Å². The van der Waals surface area contributed by atoms with Crippen LogP contribution in [0.4, 0.5) is 0 Å². The van der Waals surface area contributed by atoms with E-state index >= 15 is 0 Å². The number of para-hydroxylation sites is 1. The Balaban J connectivity index is 1.62. The van der Waals surface area contributed by atoms with Crippen LogP contribution in [0.25, 0.3) is 28.0 Å². The summed E-state index contributed by atoms with van der Waals surface area (Å²) in [7, 11) is 0. The van der Waals surface area contributed by atoms with Crippen LogP contribution in [0.5, 0.6) is 5.75 Å². The van der Waals surface area contributed by atoms with Crippen LogP contribution < -0.4 is 16.0 Å². The number of benzene rings is 3. The molecule has 0 amide bonds. The lowest BCUT2D eigenvalue weighted by atomic mass is 10.1. The second kappa shape index (κ2) is 9.06. The topological polar surface area (TPSA) is 92.2 Å². The van der Waals surface area contributed by atoms with Crippen molar-refractivity contribution >= 4 is 10.9 Å². The van der Waals surface area contributed by atoms with E-state index in [0.717, 1.165) is 16.7 Å². The normalized spacial score (nSPS) is 11.2. The van der Waals surface area contributed by atoms with Crippen molar-refractivity contribution in [2.45, 2.75) is 27.3 Å². The minimum Gasteiger partial charge on any atom is -0.494 e. The molecule has 3 aromatic carbocycles. The van der Waals surface area contributed by atoms with Gasteiger partial charge in [-0.05, 0) is 68.3 Å². The molecule has 0 spiro atoms. The zero-order valence-corrected chi connectivity index (χ0v) is 19.7. The summed E-state index contributed by atoms with van der Waals surface area (Å²) >= 11 is 0. The standard InChI is InChI=1S/C27H24N4O4/c1-4-34-21-9-7-8-19(15-21)25-28-24(35-29-25)16-30-23-11-6-5-10-22(23)26(32)31(27(30)33)20-13-17(2)12-18(3)14-20/h5-15H,4,16H2,1-3H3. The lowest BCUT2D eigenvalue weighted by Gasteiger charge is -2.13. The summed E-state index contributed by atoms with van der Waals surface area (Å²) in [5.41, 5.74) is 2.84. The molecule has 0 radical (unpaired) electrons. The van der Waals surface area contributed by atoms with Gasteiger partial charge >= 0.3 is 5.69 Å². The number of aryl methyl sites for hydroxylation is 2. The summed E-state index contributed by atoms with van der Waals surface area (Å²) in [4.78, 5) is 31.5. The molecule has 2 heterocycles. The van der Waals surface area contributed by atoms with E-state index in [1.165, 1.54) is 9.13 Å². The van der Waals surface area contributed by atoms with Crippen LogP contribution >= 0.6 is 0 Å². The average Bonchev–Trinajstić information content (AvgIpc) is 3.31. The van der Waals surface area contributed by atoms with Crippen LogP contribution in [0.15, 0.2) is 80.8 Å². The van der Waals surface area contributed by atoms with Crippen LogP contribution in [-0.2, 0) is 6.54 Å². The molecule has 0 aliphatic carbocycles. The van der Waals surface area contributed by atoms with Crippen LogP contribution in [0.2, 0.25) is 0 Å². The van der Waals surface area contributed by atoms with Gasteiger partial charge < -0.3 is 9.26 Å². The van der Waals surface area contributed by atoms with E-state index in [2.05, 4.69) is 10.1 Å². The van der Waals surface area contributed by atoms with Crippen molar-refractivity contribution in [1.29, 1.82) is 0 Å². The Morgan fingerprint density at radius 2 is 1.71 bits per heavy atom. The molecule has 0 atom stereocenters. The first-order chi connectivity index (χ1) is 16.9. The Morgan fingerprint density at radius 3 is 2.49 bits per heavy atom. The number of hydrogen-bond acceptors (Lipinski definition) is 6. The maximum atomic E-state index is 13.6. The summed E-state index contributed by atoms with van der Waals surface area (Å²) in [6, 6.07) is 20.1. The zero-order chi connectivity index (χ0) is 24.5. The molecule has 0 saturated carbocycles. The first-order valence-corrected chi connectivity index (χ1v) is 11.3. The van der Waals surface area contributed by atoms with E-state index in [-0.39, 0.29) is 18.0 Å². The molecule has 176 valence electrons. The van der Waals surface area contributed by atoms with Gasteiger partial charge in [-0.25, -0.2) is 9.36 Å². The molecular formula is C27H24N4O4. The average molecular weight is 469 g/mol. The SMILES string of the molecule is CCOc1cccc(-c2noc(Cn3c(=O)n(-c4cc(C)cc(C)c4)c(=O)c4ccccc43)n2)c1. The van der Waals surface area contributed by atoms with Gasteiger partial charge in [0.2, 0.25) is 11.7 Å². The second-order valence-electron chi connectivity index (χ2n) is 8.34. The molecule has 0 bridgehead atoms. The van der Waals surface area contributed by atoms with Crippen molar-refractivity contribution in [3.63, 3.8) is 0 Å². The number of nitrogens with zero attached hydrogens (tertiary/aromatic N) is 4. The molecule has 35 heavy (non-hydrogen) atoms. The third-order valence-electron chi connectivity index (χ3n) is 5.68. The van der Waals surface area contributed by atoms with Crippen molar-refractivity contribution < 1.29 is 9.26 Å². The van der Waals surface area contributed by atoms with Gasteiger partial charge in [0.15, 0.2) is 0 Å². The highest BCUT2D eigenvalue weighted by Gasteiger charge is 2.18. The van der Waals surface area contributed by atoms with E-state index in [0.29, 0.717) is 34.8 Å². The molecule has 0 N–H and O–H groups in total. The van der Waals surface area contributed by atoms with E-state index in [9.17, 15) is 9.59 Å². The number of hydrogen-bond donors (Lipinski definition) is 0. The van der Waals surface area contributed by atoms with E-state index in [1.807, 2.05) is 63.2 Å². The monoisotopic (exact) mass is 468 g/mol. The highest BCUT2D eigenvalue weighted by Crippen LogP contribution is 2.22. The zero-order valence-electron chi connectivity index (χ0n) is 19.7. The Kier molecular flexibility index (Phi) is 5.78. The minimum atomic E-state index is -0.475. The number of ether oxygens (including phenoxy) is 1. The molecule has 0 saturated heterocycles. The minimum absolute atomic E-state index is 0.0164. The summed E-state index contributed by atoms with van der Waals surface area (Å²) < 4.78 is 13.7. The Hall–Kier alpha value is -4.46. The van der Waals surface area contributed by atoms with Crippen LogP contribution in [0.1, 0.15) is 23.9 Å².